The third-order valence-electron chi connectivity index (χ3n) is 2.46. The second kappa shape index (κ2) is 6.23. The maximum absolute atomic E-state index is 12.0. The fourth-order valence-electron chi connectivity index (χ4n) is 1.28. The molecule has 6 nitrogen and oxygen atoms in total. The van der Waals surface area contributed by atoms with E-state index < -0.39 is 11.7 Å². The van der Waals surface area contributed by atoms with Gasteiger partial charge in [0.15, 0.2) is 0 Å². The molecule has 0 bridgehead atoms. The van der Waals surface area contributed by atoms with Gasteiger partial charge in [0.2, 0.25) is 0 Å². The molecule has 0 heterocycles. The van der Waals surface area contributed by atoms with Gasteiger partial charge in [-0.1, -0.05) is 0 Å². The second-order valence-corrected chi connectivity index (χ2v) is 6.07. The Morgan fingerprint density at radius 1 is 1.16 bits per heavy atom. The van der Waals surface area contributed by atoms with E-state index in [0.717, 1.165) is 17.9 Å². The molecule has 19 heavy (non-hydrogen) atoms. The van der Waals surface area contributed by atoms with Crippen LogP contribution in [0.2, 0.25) is 0 Å². The first kappa shape index (κ1) is 15.8. The molecule has 1 aliphatic carbocycles. The van der Waals surface area contributed by atoms with Crippen molar-refractivity contribution >= 4 is 12.1 Å². The molecule has 6 heteroatoms. The molecule has 0 radical (unpaired) electrons. The van der Waals surface area contributed by atoms with Crippen molar-refractivity contribution in [1.82, 2.24) is 9.96 Å². The van der Waals surface area contributed by atoms with Crippen LogP contribution >= 0.6 is 0 Å². The van der Waals surface area contributed by atoms with E-state index in [9.17, 15) is 9.59 Å². The van der Waals surface area contributed by atoms with Gasteiger partial charge in [-0.25, -0.2) is 9.59 Å². The predicted octanol–water partition coefficient (Wildman–Crippen LogP) is 1.65. The summed E-state index contributed by atoms with van der Waals surface area (Å²) >= 11 is 0. The molecule has 0 atom stereocenters. The highest BCUT2D eigenvalue weighted by Crippen LogP contribution is 2.30. The van der Waals surface area contributed by atoms with Gasteiger partial charge in [0.05, 0.1) is 12.5 Å². The van der Waals surface area contributed by atoms with Gasteiger partial charge in [0.1, 0.15) is 5.60 Å². The molecule has 0 spiro atoms. The Balaban J connectivity index is 2.56. The van der Waals surface area contributed by atoms with Crippen LogP contribution < -0.4 is 0 Å². The molecule has 1 fully saturated rings. The fourth-order valence-corrected chi connectivity index (χ4v) is 1.28. The monoisotopic (exact) mass is 272 g/mol. The molecule has 0 aromatic heterocycles. The third-order valence-corrected chi connectivity index (χ3v) is 2.46. The van der Waals surface area contributed by atoms with Crippen LogP contribution in [0, 0.1) is 5.92 Å². The second-order valence-electron chi connectivity index (χ2n) is 6.07. The quantitative estimate of drug-likeness (QED) is 0.728. The molecule has 110 valence electrons. The summed E-state index contributed by atoms with van der Waals surface area (Å²) in [5, 5.41) is 1.02. The maximum atomic E-state index is 12.0. The van der Waals surface area contributed by atoms with Crippen molar-refractivity contribution in [2.75, 3.05) is 27.2 Å². The number of carbonyl (C=O) groups is 2. The minimum absolute atomic E-state index is 0.0516. The van der Waals surface area contributed by atoms with E-state index in [0.29, 0.717) is 13.1 Å². The van der Waals surface area contributed by atoms with E-state index >= 15 is 0 Å². The van der Waals surface area contributed by atoms with Crippen LogP contribution in [-0.2, 0) is 14.4 Å². The minimum Gasteiger partial charge on any atom is -0.442 e. The summed E-state index contributed by atoms with van der Waals surface area (Å²) in [6.45, 7) is 6.21. The Bertz CT molecular complexity index is 332. The number of rotatable bonds is 4. The van der Waals surface area contributed by atoms with Gasteiger partial charge < -0.3 is 14.5 Å². The predicted molar refractivity (Wildman–Crippen MR) is 70.3 cm³/mol. The van der Waals surface area contributed by atoms with E-state index in [2.05, 4.69) is 0 Å². The molecule has 0 aromatic rings. The SMILES string of the molecule is CN(C)CCN(OC(=O)C1CC1)C(=O)OC(C)(C)C. The van der Waals surface area contributed by atoms with E-state index in [4.69, 9.17) is 9.57 Å². The number of carbonyl (C=O) groups excluding carboxylic acids is 2. The van der Waals surface area contributed by atoms with Gasteiger partial charge in [0.25, 0.3) is 0 Å². The van der Waals surface area contributed by atoms with Gasteiger partial charge in [-0.05, 0) is 47.7 Å². The number of ether oxygens (including phenoxy) is 1. The largest absolute Gasteiger partial charge is 0.443 e. The van der Waals surface area contributed by atoms with Crippen LogP contribution in [0.3, 0.4) is 0 Å². The number of nitrogens with zero attached hydrogens (tertiary/aromatic N) is 2. The molecule has 0 aromatic carbocycles. The summed E-state index contributed by atoms with van der Waals surface area (Å²) in [5.74, 6) is -0.395. The summed E-state index contributed by atoms with van der Waals surface area (Å²) in [6.07, 6.45) is 1.06. The lowest BCUT2D eigenvalue weighted by Crippen LogP contribution is -2.41. The van der Waals surface area contributed by atoms with Crippen molar-refractivity contribution in [2.24, 2.45) is 5.92 Å². The zero-order valence-corrected chi connectivity index (χ0v) is 12.4. The van der Waals surface area contributed by atoms with Crippen molar-refractivity contribution in [3.8, 4) is 0 Å². The normalized spacial score (nSPS) is 15.3. The lowest BCUT2D eigenvalue weighted by atomic mass is 10.2. The maximum Gasteiger partial charge on any atom is 0.443 e. The van der Waals surface area contributed by atoms with Crippen LogP contribution in [0.15, 0.2) is 0 Å². The highest BCUT2D eigenvalue weighted by molar-refractivity contribution is 5.77. The average molecular weight is 272 g/mol. The number of hydroxylamine groups is 2. The lowest BCUT2D eigenvalue weighted by Gasteiger charge is -2.26. The van der Waals surface area contributed by atoms with Gasteiger partial charge >= 0.3 is 12.1 Å². The van der Waals surface area contributed by atoms with Crippen molar-refractivity contribution in [2.45, 2.75) is 39.2 Å². The van der Waals surface area contributed by atoms with Crippen LogP contribution in [0.1, 0.15) is 33.6 Å². The Morgan fingerprint density at radius 2 is 1.74 bits per heavy atom. The van der Waals surface area contributed by atoms with Crippen LogP contribution in [-0.4, -0.2) is 54.8 Å². The van der Waals surface area contributed by atoms with Crippen molar-refractivity contribution in [3.63, 3.8) is 0 Å². The lowest BCUT2D eigenvalue weighted by molar-refractivity contribution is -0.186. The topological polar surface area (TPSA) is 59.1 Å². The standard InChI is InChI=1S/C13H24N2O4/c1-13(2,3)18-12(17)15(9-8-14(4)5)19-11(16)10-6-7-10/h10H,6-9H2,1-5H3. The fraction of sp³-hybridized carbons (Fsp3) is 0.846. The molecule has 1 rings (SSSR count). The number of amides is 1. The van der Waals surface area contributed by atoms with Crippen molar-refractivity contribution < 1.29 is 19.2 Å². The first-order valence-electron chi connectivity index (χ1n) is 6.56. The van der Waals surface area contributed by atoms with E-state index in [-0.39, 0.29) is 11.9 Å². The first-order chi connectivity index (χ1) is 8.69. The molecular formula is C13H24N2O4. The zero-order chi connectivity index (χ0) is 14.6. The van der Waals surface area contributed by atoms with Gasteiger partial charge in [-0.3, -0.25) is 0 Å². The van der Waals surface area contributed by atoms with E-state index in [1.165, 1.54) is 0 Å². The Hall–Kier alpha value is -1.30. The van der Waals surface area contributed by atoms with Gasteiger partial charge in [-0.2, -0.15) is 0 Å². The molecule has 1 saturated carbocycles. The molecule has 0 unspecified atom stereocenters. The molecular weight excluding hydrogens is 248 g/mol. The Morgan fingerprint density at radius 3 is 2.16 bits per heavy atom. The molecule has 0 aliphatic heterocycles. The van der Waals surface area contributed by atoms with Gasteiger partial charge in [-0.15, -0.1) is 5.06 Å². The summed E-state index contributed by atoms with van der Waals surface area (Å²) in [6, 6.07) is 0. The highest BCUT2D eigenvalue weighted by Gasteiger charge is 2.35. The van der Waals surface area contributed by atoms with Crippen LogP contribution in [0.25, 0.3) is 0 Å². The summed E-state index contributed by atoms with van der Waals surface area (Å²) in [4.78, 5) is 30.6. The van der Waals surface area contributed by atoms with E-state index in [1.54, 1.807) is 20.8 Å². The summed E-state index contributed by atoms with van der Waals surface area (Å²) in [7, 11) is 3.77. The van der Waals surface area contributed by atoms with E-state index in [1.807, 2.05) is 19.0 Å². The van der Waals surface area contributed by atoms with Crippen molar-refractivity contribution in [3.05, 3.63) is 0 Å². The third kappa shape index (κ3) is 6.42. The minimum atomic E-state index is -0.622. The number of likely N-dealkylation sites (N-methyl/N-ethyl adjacent to an activating group) is 1. The van der Waals surface area contributed by atoms with Crippen molar-refractivity contribution in [1.29, 1.82) is 0 Å². The Kier molecular flexibility index (Phi) is 5.17. The zero-order valence-electron chi connectivity index (χ0n) is 12.4. The van der Waals surface area contributed by atoms with Crippen LogP contribution in [0.4, 0.5) is 4.79 Å². The molecule has 0 saturated heterocycles. The summed E-state index contributed by atoms with van der Waals surface area (Å²) in [5.41, 5.74) is -0.612. The Labute approximate surface area is 114 Å². The smallest absolute Gasteiger partial charge is 0.442 e. The number of hydrogen-bond donors (Lipinski definition) is 0. The highest BCUT2D eigenvalue weighted by atomic mass is 16.8. The first-order valence-corrected chi connectivity index (χ1v) is 6.56. The molecule has 0 N–H and O–H groups in total. The van der Waals surface area contributed by atoms with Crippen LogP contribution in [0.5, 0.6) is 0 Å². The summed E-state index contributed by atoms with van der Waals surface area (Å²) < 4.78 is 5.22. The molecule has 1 amide bonds. The van der Waals surface area contributed by atoms with Gasteiger partial charge in [0, 0.05) is 6.54 Å². The molecule has 1 aliphatic rings. The number of hydrogen-bond acceptors (Lipinski definition) is 5. The average Bonchev–Trinajstić information content (AvgIpc) is 3.04.